The second-order valence-corrected chi connectivity index (χ2v) is 8.41. The molecule has 0 spiro atoms. The summed E-state index contributed by atoms with van der Waals surface area (Å²) in [5.41, 5.74) is 16.8. The molecule has 186 valence electrons. The molecule has 0 aromatic rings. The van der Waals surface area contributed by atoms with E-state index in [4.69, 9.17) is 17.2 Å². The molecule has 0 aromatic carbocycles. The monoisotopic (exact) mass is 476 g/mol. The van der Waals surface area contributed by atoms with E-state index >= 15 is 0 Å². The Hall–Kier alpha value is -1.89. The van der Waals surface area contributed by atoms with E-state index in [1.807, 2.05) is 0 Å². The summed E-state index contributed by atoms with van der Waals surface area (Å²) < 4.78 is 0. The highest BCUT2D eigenvalue weighted by Crippen LogP contribution is 2.06. The first-order valence-electron chi connectivity index (χ1n) is 11.0. The lowest BCUT2D eigenvalue weighted by molar-refractivity contribution is -0.142. The summed E-state index contributed by atoms with van der Waals surface area (Å²) in [5, 5.41) is 17.0. The Morgan fingerprint density at radius 2 is 1.22 bits per heavy atom. The van der Waals surface area contributed by atoms with Gasteiger partial charge in [-0.15, -0.1) is 0 Å². The lowest BCUT2D eigenvalue weighted by atomic mass is 10.0. The fourth-order valence-electron chi connectivity index (χ4n) is 2.82. The maximum Gasteiger partial charge on any atom is 0.326 e. The molecule has 0 aromatic heterocycles. The van der Waals surface area contributed by atoms with Gasteiger partial charge in [0.2, 0.25) is 17.7 Å². The Morgan fingerprint density at radius 1 is 0.781 bits per heavy atom. The molecule has 0 saturated heterocycles. The zero-order valence-corrected chi connectivity index (χ0v) is 19.9. The van der Waals surface area contributed by atoms with E-state index in [1.165, 1.54) is 0 Å². The van der Waals surface area contributed by atoms with Crippen LogP contribution in [0.4, 0.5) is 0 Å². The second kappa shape index (κ2) is 16.7. The van der Waals surface area contributed by atoms with E-state index in [0.29, 0.717) is 38.8 Å². The van der Waals surface area contributed by atoms with Crippen LogP contribution in [0.2, 0.25) is 0 Å². The molecule has 0 aliphatic heterocycles. The van der Waals surface area contributed by atoms with Gasteiger partial charge >= 0.3 is 5.97 Å². The summed E-state index contributed by atoms with van der Waals surface area (Å²) in [6, 6.07) is -3.87. The van der Waals surface area contributed by atoms with Crippen LogP contribution in [0.5, 0.6) is 0 Å². The minimum absolute atomic E-state index is 0.00360. The van der Waals surface area contributed by atoms with Crippen LogP contribution in [0, 0.1) is 5.92 Å². The van der Waals surface area contributed by atoms with Gasteiger partial charge in [-0.1, -0.05) is 13.8 Å². The summed E-state index contributed by atoms with van der Waals surface area (Å²) in [6.07, 6.45) is 2.86. The Labute approximate surface area is 195 Å². The Kier molecular flexibility index (Phi) is 15.7. The van der Waals surface area contributed by atoms with Crippen molar-refractivity contribution >= 4 is 36.3 Å². The van der Waals surface area contributed by atoms with Crippen molar-refractivity contribution in [3.63, 3.8) is 0 Å². The molecule has 0 aliphatic rings. The van der Waals surface area contributed by atoms with Gasteiger partial charge < -0.3 is 38.3 Å². The van der Waals surface area contributed by atoms with Gasteiger partial charge in [0.1, 0.15) is 18.1 Å². The molecule has 0 heterocycles. The van der Waals surface area contributed by atoms with Gasteiger partial charge in [-0.25, -0.2) is 4.79 Å². The average molecular weight is 477 g/mol. The number of aliphatic carboxylic acids is 1. The number of nitrogens with two attached hydrogens (primary N) is 3. The molecule has 3 amide bonds. The Balaban J connectivity index is 5.24. The number of amides is 3. The molecule has 0 bridgehead atoms. The maximum atomic E-state index is 12.8. The predicted octanol–water partition coefficient (Wildman–Crippen LogP) is -1.30. The van der Waals surface area contributed by atoms with E-state index in [-0.39, 0.29) is 24.5 Å². The average Bonchev–Trinajstić information content (AvgIpc) is 2.74. The summed E-state index contributed by atoms with van der Waals surface area (Å²) in [6.45, 7) is 4.41. The molecule has 12 heteroatoms. The first-order valence-corrected chi connectivity index (χ1v) is 11.6. The molecule has 11 nitrogen and oxygen atoms in total. The topological polar surface area (TPSA) is 203 Å². The number of hydrogen-bond acceptors (Lipinski definition) is 8. The molecular weight excluding hydrogens is 436 g/mol. The SMILES string of the molecule is CC(C)C(N)C(=O)NC(CS)C(=O)NC(CCCCN)C(=O)NC(CCCCN)C(=O)O. The number of hydrogen-bond donors (Lipinski definition) is 8. The van der Waals surface area contributed by atoms with Gasteiger partial charge in [-0.05, 0) is 57.5 Å². The van der Waals surface area contributed by atoms with Gasteiger partial charge in [-0.3, -0.25) is 14.4 Å². The van der Waals surface area contributed by atoms with Crippen molar-refractivity contribution in [2.24, 2.45) is 23.1 Å². The fraction of sp³-hybridized carbons (Fsp3) is 0.800. The number of carbonyl (C=O) groups excluding carboxylic acids is 3. The van der Waals surface area contributed by atoms with Crippen molar-refractivity contribution in [3.8, 4) is 0 Å². The van der Waals surface area contributed by atoms with E-state index in [1.54, 1.807) is 13.8 Å². The Morgan fingerprint density at radius 3 is 1.66 bits per heavy atom. The first-order chi connectivity index (χ1) is 15.1. The van der Waals surface area contributed by atoms with Crippen LogP contribution in [-0.2, 0) is 19.2 Å². The quantitative estimate of drug-likeness (QED) is 0.0933. The molecule has 4 atom stereocenters. The molecule has 32 heavy (non-hydrogen) atoms. The van der Waals surface area contributed by atoms with E-state index < -0.39 is 47.9 Å². The van der Waals surface area contributed by atoms with Gasteiger partial charge in [-0.2, -0.15) is 12.6 Å². The van der Waals surface area contributed by atoms with Gasteiger partial charge in [0.15, 0.2) is 0 Å². The highest BCUT2D eigenvalue weighted by molar-refractivity contribution is 7.80. The van der Waals surface area contributed by atoms with E-state index in [0.717, 1.165) is 0 Å². The number of unbranched alkanes of at least 4 members (excludes halogenated alkanes) is 2. The molecule has 0 saturated carbocycles. The normalized spacial score (nSPS) is 14.8. The summed E-state index contributed by atoms with van der Waals surface area (Å²) in [5.74, 6) is -3.00. The largest absolute Gasteiger partial charge is 0.480 e. The van der Waals surface area contributed by atoms with E-state index in [9.17, 15) is 24.3 Å². The third-order valence-corrected chi connectivity index (χ3v) is 5.34. The molecule has 0 rings (SSSR count). The van der Waals surface area contributed by atoms with Crippen molar-refractivity contribution < 1.29 is 24.3 Å². The minimum Gasteiger partial charge on any atom is -0.480 e. The molecule has 10 N–H and O–H groups in total. The van der Waals surface area contributed by atoms with Crippen LogP contribution in [0.1, 0.15) is 52.4 Å². The summed E-state index contributed by atoms with van der Waals surface area (Å²) in [7, 11) is 0. The summed E-state index contributed by atoms with van der Waals surface area (Å²) >= 11 is 4.12. The molecule has 0 aliphatic carbocycles. The van der Waals surface area contributed by atoms with Crippen molar-refractivity contribution in [1.82, 2.24) is 16.0 Å². The van der Waals surface area contributed by atoms with Crippen LogP contribution in [-0.4, -0.2) is 71.8 Å². The third-order valence-electron chi connectivity index (χ3n) is 4.98. The highest BCUT2D eigenvalue weighted by atomic mass is 32.1. The predicted molar refractivity (Wildman–Crippen MR) is 126 cm³/mol. The van der Waals surface area contributed by atoms with Gasteiger partial charge in [0.25, 0.3) is 0 Å². The number of nitrogens with one attached hydrogen (secondary N) is 3. The van der Waals surface area contributed by atoms with E-state index in [2.05, 4.69) is 28.6 Å². The van der Waals surface area contributed by atoms with Crippen molar-refractivity contribution in [2.75, 3.05) is 18.8 Å². The number of thiol groups is 1. The number of rotatable bonds is 17. The Bertz CT molecular complexity index is 607. The number of carboxylic acids is 1. The molecule has 4 unspecified atom stereocenters. The molecule has 0 radical (unpaired) electrons. The zero-order chi connectivity index (χ0) is 24.7. The third kappa shape index (κ3) is 11.7. The maximum absolute atomic E-state index is 12.8. The van der Waals surface area contributed by atoms with Crippen LogP contribution >= 0.6 is 12.6 Å². The fourth-order valence-corrected chi connectivity index (χ4v) is 3.08. The first kappa shape index (κ1) is 30.1. The smallest absolute Gasteiger partial charge is 0.326 e. The van der Waals surface area contributed by atoms with Crippen LogP contribution in [0.25, 0.3) is 0 Å². The molecular formula is C20H40N6O5S. The van der Waals surface area contributed by atoms with Gasteiger partial charge in [0.05, 0.1) is 6.04 Å². The second-order valence-electron chi connectivity index (χ2n) is 8.04. The lowest BCUT2D eigenvalue weighted by Gasteiger charge is -2.25. The van der Waals surface area contributed by atoms with Gasteiger partial charge in [0, 0.05) is 5.75 Å². The van der Waals surface area contributed by atoms with Crippen molar-refractivity contribution in [3.05, 3.63) is 0 Å². The lowest BCUT2D eigenvalue weighted by Crippen LogP contribution is -2.58. The zero-order valence-electron chi connectivity index (χ0n) is 19.0. The van der Waals surface area contributed by atoms with Crippen LogP contribution in [0.3, 0.4) is 0 Å². The standard InChI is InChI=1S/C20H40N6O5S/c1-12(2)16(23)19(29)26-15(11-32)18(28)24-13(7-3-5-9-21)17(27)25-14(20(30)31)8-4-6-10-22/h12-16,32H,3-11,21-23H2,1-2H3,(H,24,28)(H,25,27)(H,26,29)(H,30,31). The van der Waals surface area contributed by atoms with Crippen molar-refractivity contribution in [1.29, 1.82) is 0 Å². The van der Waals surface area contributed by atoms with Crippen molar-refractivity contribution in [2.45, 2.75) is 76.5 Å². The molecule has 0 fully saturated rings. The minimum atomic E-state index is -1.16. The number of carboxylic acid groups (broad SMARTS) is 1. The van der Waals surface area contributed by atoms with Crippen LogP contribution in [0.15, 0.2) is 0 Å². The summed E-state index contributed by atoms with van der Waals surface area (Å²) in [4.78, 5) is 49.2. The van der Waals surface area contributed by atoms with Crippen LogP contribution < -0.4 is 33.2 Å². The number of carbonyl (C=O) groups is 4. The highest BCUT2D eigenvalue weighted by Gasteiger charge is 2.29.